The summed E-state index contributed by atoms with van der Waals surface area (Å²) in [4.78, 5) is 28.6. The minimum absolute atomic E-state index is 0.0752. The van der Waals surface area contributed by atoms with Gasteiger partial charge in [-0.25, -0.2) is 4.39 Å². The second-order valence-corrected chi connectivity index (χ2v) is 10.5. The molecule has 0 saturated carbocycles. The molecule has 0 heterocycles. The highest BCUT2D eigenvalue weighted by Crippen LogP contribution is 2.25. The topological polar surface area (TPSA) is 49.4 Å². The summed E-state index contributed by atoms with van der Waals surface area (Å²) >= 11 is 13.5. The first-order valence-electron chi connectivity index (χ1n) is 12.2. The van der Waals surface area contributed by atoms with Crippen molar-refractivity contribution in [3.63, 3.8) is 0 Å². The summed E-state index contributed by atoms with van der Waals surface area (Å²) in [5.41, 5.74) is 2.18. The Morgan fingerprint density at radius 3 is 2.38 bits per heavy atom. The van der Waals surface area contributed by atoms with E-state index in [1.54, 1.807) is 29.2 Å². The monoisotopic (exact) mass is 560 g/mol. The summed E-state index contributed by atoms with van der Waals surface area (Å²) < 4.78 is 14.2. The van der Waals surface area contributed by atoms with Crippen LogP contribution in [0.2, 0.25) is 10.0 Å². The van der Waals surface area contributed by atoms with E-state index in [2.05, 4.69) is 12.2 Å². The number of hydrogen-bond donors (Lipinski definition) is 1. The Balaban J connectivity index is 1.84. The van der Waals surface area contributed by atoms with Gasteiger partial charge in [0.2, 0.25) is 11.8 Å². The van der Waals surface area contributed by atoms with Crippen molar-refractivity contribution in [3.05, 3.63) is 105 Å². The molecule has 0 radical (unpaired) electrons. The normalized spacial score (nSPS) is 11.7. The van der Waals surface area contributed by atoms with Crippen LogP contribution < -0.4 is 5.32 Å². The van der Waals surface area contributed by atoms with Crippen molar-refractivity contribution in [3.8, 4) is 0 Å². The zero-order valence-corrected chi connectivity index (χ0v) is 23.1. The van der Waals surface area contributed by atoms with Crippen LogP contribution in [0.3, 0.4) is 0 Å². The van der Waals surface area contributed by atoms with Gasteiger partial charge in [0.1, 0.15) is 11.9 Å². The molecule has 2 amide bonds. The van der Waals surface area contributed by atoms with Crippen molar-refractivity contribution >= 4 is 46.8 Å². The zero-order valence-electron chi connectivity index (χ0n) is 20.8. The van der Waals surface area contributed by atoms with E-state index in [0.717, 1.165) is 24.0 Å². The number of carbonyl (C=O) groups excluding carboxylic acids is 2. The predicted molar refractivity (Wildman–Crippen MR) is 151 cm³/mol. The number of hydrogen-bond acceptors (Lipinski definition) is 3. The molecule has 196 valence electrons. The van der Waals surface area contributed by atoms with Gasteiger partial charge in [-0.2, -0.15) is 0 Å². The van der Waals surface area contributed by atoms with Crippen molar-refractivity contribution in [1.29, 1.82) is 0 Å². The lowest BCUT2D eigenvalue weighted by Crippen LogP contribution is -2.51. The molecule has 0 fully saturated rings. The maximum atomic E-state index is 14.2. The summed E-state index contributed by atoms with van der Waals surface area (Å²) in [6.45, 7) is 2.85. The highest BCUT2D eigenvalue weighted by atomic mass is 35.5. The number of halogens is 3. The van der Waals surface area contributed by atoms with Gasteiger partial charge in [0, 0.05) is 40.9 Å². The van der Waals surface area contributed by atoms with Crippen LogP contribution in [-0.2, 0) is 28.3 Å². The first-order valence-corrected chi connectivity index (χ1v) is 14.2. The Morgan fingerprint density at radius 1 is 0.973 bits per heavy atom. The van der Waals surface area contributed by atoms with Gasteiger partial charge in [-0.05, 0) is 41.8 Å². The third kappa shape index (κ3) is 9.06. The molecule has 0 aromatic heterocycles. The minimum Gasteiger partial charge on any atom is -0.354 e. The van der Waals surface area contributed by atoms with Crippen LogP contribution in [0.4, 0.5) is 4.39 Å². The SMILES string of the molecule is CCCCNC(=O)[C@@H](Cc1ccccc1)N(Cc1ccc(Cl)cc1)C(=O)CSCc1c(F)cccc1Cl. The fourth-order valence-electron chi connectivity index (χ4n) is 3.84. The van der Waals surface area contributed by atoms with Gasteiger partial charge >= 0.3 is 0 Å². The summed E-state index contributed by atoms with van der Waals surface area (Å²) in [5, 5.41) is 3.93. The molecule has 4 nitrogen and oxygen atoms in total. The third-order valence-electron chi connectivity index (χ3n) is 5.90. The van der Waals surface area contributed by atoms with Crippen LogP contribution in [0.25, 0.3) is 0 Å². The second-order valence-electron chi connectivity index (χ2n) is 8.69. The third-order valence-corrected chi connectivity index (χ3v) is 7.45. The van der Waals surface area contributed by atoms with E-state index in [0.29, 0.717) is 28.6 Å². The predicted octanol–water partition coefficient (Wildman–Crippen LogP) is 6.92. The fraction of sp³-hybridized carbons (Fsp3) is 0.310. The lowest BCUT2D eigenvalue weighted by atomic mass is 10.0. The summed E-state index contributed by atoms with van der Waals surface area (Å²) in [5.74, 6) is -0.479. The quantitative estimate of drug-likeness (QED) is 0.231. The molecule has 0 bridgehead atoms. The van der Waals surface area contributed by atoms with Gasteiger partial charge in [-0.3, -0.25) is 9.59 Å². The van der Waals surface area contributed by atoms with E-state index in [1.807, 2.05) is 42.5 Å². The van der Waals surface area contributed by atoms with E-state index in [1.165, 1.54) is 17.8 Å². The number of carbonyl (C=O) groups is 2. The van der Waals surface area contributed by atoms with Crippen molar-refractivity contribution in [2.45, 2.75) is 44.5 Å². The van der Waals surface area contributed by atoms with Crippen LogP contribution >= 0.6 is 35.0 Å². The average molecular weight is 562 g/mol. The van der Waals surface area contributed by atoms with Crippen molar-refractivity contribution in [2.24, 2.45) is 0 Å². The van der Waals surface area contributed by atoms with Crippen LogP contribution in [0.1, 0.15) is 36.5 Å². The Labute approximate surface area is 232 Å². The summed E-state index contributed by atoms with van der Waals surface area (Å²) in [6.07, 6.45) is 2.18. The summed E-state index contributed by atoms with van der Waals surface area (Å²) in [6, 6.07) is 20.7. The number of nitrogens with zero attached hydrogens (tertiary/aromatic N) is 1. The van der Waals surface area contributed by atoms with Gasteiger partial charge in [-0.15, -0.1) is 11.8 Å². The van der Waals surface area contributed by atoms with E-state index in [9.17, 15) is 14.0 Å². The van der Waals surface area contributed by atoms with E-state index in [-0.39, 0.29) is 29.9 Å². The molecular weight excluding hydrogens is 530 g/mol. The van der Waals surface area contributed by atoms with Gasteiger partial charge in [0.15, 0.2) is 0 Å². The van der Waals surface area contributed by atoms with Crippen LogP contribution in [0, 0.1) is 5.82 Å². The Morgan fingerprint density at radius 2 is 1.70 bits per heavy atom. The molecule has 3 rings (SSSR count). The molecule has 37 heavy (non-hydrogen) atoms. The highest BCUT2D eigenvalue weighted by molar-refractivity contribution is 7.99. The van der Waals surface area contributed by atoms with Crippen LogP contribution in [0.15, 0.2) is 72.8 Å². The van der Waals surface area contributed by atoms with Gasteiger partial charge in [0.25, 0.3) is 0 Å². The highest BCUT2D eigenvalue weighted by Gasteiger charge is 2.30. The molecule has 0 unspecified atom stereocenters. The van der Waals surface area contributed by atoms with Gasteiger partial charge in [0.05, 0.1) is 5.75 Å². The number of nitrogens with one attached hydrogen (secondary N) is 1. The van der Waals surface area contributed by atoms with E-state index >= 15 is 0 Å². The molecule has 8 heteroatoms. The Kier molecular flexibility index (Phi) is 11.8. The summed E-state index contributed by atoms with van der Waals surface area (Å²) in [7, 11) is 0. The maximum absolute atomic E-state index is 14.2. The first-order chi connectivity index (χ1) is 17.9. The number of benzene rings is 3. The van der Waals surface area contributed by atoms with Crippen molar-refractivity contribution in [1.82, 2.24) is 10.2 Å². The van der Waals surface area contributed by atoms with E-state index < -0.39 is 11.9 Å². The molecular formula is C29H31Cl2FN2O2S. The van der Waals surface area contributed by atoms with E-state index in [4.69, 9.17) is 23.2 Å². The van der Waals surface area contributed by atoms with Crippen LogP contribution in [-0.4, -0.2) is 35.1 Å². The number of thioether (sulfide) groups is 1. The maximum Gasteiger partial charge on any atom is 0.243 e. The lowest BCUT2D eigenvalue weighted by Gasteiger charge is -2.31. The second kappa shape index (κ2) is 15.0. The molecule has 0 aliphatic rings. The largest absolute Gasteiger partial charge is 0.354 e. The number of unbranched alkanes of at least 4 members (excludes halogenated alkanes) is 1. The molecule has 0 aliphatic heterocycles. The zero-order chi connectivity index (χ0) is 26.6. The molecule has 0 spiro atoms. The molecule has 3 aromatic carbocycles. The minimum atomic E-state index is -0.708. The first kappa shape index (κ1) is 29.0. The van der Waals surface area contributed by atoms with Crippen molar-refractivity contribution < 1.29 is 14.0 Å². The number of amides is 2. The Hall–Kier alpha value is -2.54. The smallest absolute Gasteiger partial charge is 0.243 e. The lowest BCUT2D eigenvalue weighted by molar-refractivity contribution is -0.139. The molecule has 0 saturated heterocycles. The van der Waals surface area contributed by atoms with Crippen LogP contribution in [0.5, 0.6) is 0 Å². The van der Waals surface area contributed by atoms with Gasteiger partial charge < -0.3 is 10.2 Å². The average Bonchev–Trinajstić information content (AvgIpc) is 2.89. The molecule has 0 aliphatic carbocycles. The fourth-order valence-corrected chi connectivity index (χ4v) is 5.22. The number of rotatable bonds is 13. The molecule has 3 aromatic rings. The van der Waals surface area contributed by atoms with Crippen molar-refractivity contribution in [2.75, 3.05) is 12.3 Å². The van der Waals surface area contributed by atoms with Gasteiger partial charge in [-0.1, -0.05) is 85.1 Å². The molecule has 1 N–H and O–H groups in total. The molecule has 1 atom stereocenters. The standard InChI is InChI=1S/C29H31Cl2FN2O2S/c1-2-3-16-33-29(36)27(17-21-8-5-4-6-9-21)34(18-22-12-14-23(30)15-13-22)28(35)20-37-19-24-25(31)10-7-11-26(24)32/h4-15,27H,2-3,16-20H2,1H3,(H,33,36)/t27-/m1/s1. The Bertz CT molecular complexity index is 1140.